The molecular formula is C10H15F2NO5S. The number of carboxylic acid groups (broad SMARTS) is 1. The molecule has 9 heteroatoms. The lowest BCUT2D eigenvalue weighted by atomic mass is 10.2. The van der Waals surface area contributed by atoms with Gasteiger partial charge in [-0.1, -0.05) is 0 Å². The molecule has 0 aromatic carbocycles. The van der Waals surface area contributed by atoms with E-state index in [1.54, 1.807) is 0 Å². The van der Waals surface area contributed by atoms with E-state index in [4.69, 9.17) is 9.84 Å². The van der Waals surface area contributed by atoms with Crippen molar-refractivity contribution in [2.45, 2.75) is 36.5 Å². The number of alkyl halides is 2. The van der Waals surface area contributed by atoms with Crippen molar-refractivity contribution >= 4 is 16.0 Å². The molecule has 19 heavy (non-hydrogen) atoms. The van der Waals surface area contributed by atoms with E-state index in [0.29, 0.717) is 0 Å². The van der Waals surface area contributed by atoms with Gasteiger partial charge in [0.15, 0.2) is 0 Å². The van der Waals surface area contributed by atoms with E-state index in [9.17, 15) is 22.0 Å². The quantitative estimate of drug-likeness (QED) is 0.789. The highest BCUT2D eigenvalue weighted by atomic mass is 32.2. The van der Waals surface area contributed by atoms with Gasteiger partial charge in [-0.25, -0.2) is 17.2 Å². The summed E-state index contributed by atoms with van der Waals surface area (Å²) < 4.78 is 54.3. The molecule has 2 fully saturated rings. The molecule has 2 rings (SSSR count). The predicted molar refractivity (Wildman–Crippen MR) is 60.5 cm³/mol. The van der Waals surface area contributed by atoms with Crippen molar-refractivity contribution in [2.24, 2.45) is 0 Å². The van der Waals surface area contributed by atoms with Crippen LogP contribution in [0.1, 0.15) is 19.3 Å². The Balaban J connectivity index is 2.11. The molecule has 1 heterocycles. The summed E-state index contributed by atoms with van der Waals surface area (Å²) in [5.41, 5.74) is 0. The lowest BCUT2D eigenvalue weighted by molar-refractivity contribution is -0.141. The van der Waals surface area contributed by atoms with Crippen molar-refractivity contribution in [2.75, 3.05) is 19.7 Å². The number of aliphatic carboxylic acids is 1. The number of hydrogen-bond acceptors (Lipinski definition) is 4. The summed E-state index contributed by atoms with van der Waals surface area (Å²) >= 11 is 0. The maximum Gasteiger partial charge on any atom is 0.306 e. The van der Waals surface area contributed by atoms with Gasteiger partial charge in [0.25, 0.3) is 6.43 Å². The zero-order chi connectivity index (χ0) is 14.3. The van der Waals surface area contributed by atoms with Gasteiger partial charge in [0.1, 0.15) is 4.75 Å². The summed E-state index contributed by atoms with van der Waals surface area (Å²) in [4.78, 5) is 10.6. The maximum absolute atomic E-state index is 12.9. The first-order valence-corrected chi connectivity index (χ1v) is 7.35. The molecule has 2 aliphatic rings. The Labute approximate surface area is 109 Å². The highest BCUT2D eigenvalue weighted by molar-refractivity contribution is 7.90. The smallest absolute Gasteiger partial charge is 0.306 e. The SMILES string of the molecule is O=C(O)CC1CN(S(=O)(=O)C2(C(F)F)CC2)CCO1. The summed E-state index contributed by atoms with van der Waals surface area (Å²) in [6, 6.07) is 0. The van der Waals surface area contributed by atoms with Crippen LogP contribution in [-0.2, 0) is 19.6 Å². The molecular weight excluding hydrogens is 284 g/mol. The van der Waals surface area contributed by atoms with Crippen LogP contribution < -0.4 is 0 Å². The Hall–Kier alpha value is -0.800. The molecule has 6 nitrogen and oxygen atoms in total. The molecule has 1 atom stereocenters. The molecule has 1 N–H and O–H groups in total. The Kier molecular flexibility index (Phi) is 3.80. The van der Waals surface area contributed by atoms with Gasteiger partial charge in [-0.15, -0.1) is 0 Å². The Morgan fingerprint density at radius 1 is 1.47 bits per heavy atom. The van der Waals surface area contributed by atoms with Crippen LogP contribution in [0.15, 0.2) is 0 Å². The molecule has 0 aromatic rings. The van der Waals surface area contributed by atoms with Crippen molar-refractivity contribution < 1.29 is 31.8 Å². The van der Waals surface area contributed by atoms with Crippen LogP contribution in [0, 0.1) is 0 Å². The highest BCUT2D eigenvalue weighted by Gasteiger charge is 2.63. The topological polar surface area (TPSA) is 83.9 Å². The van der Waals surface area contributed by atoms with Crippen LogP contribution in [0.25, 0.3) is 0 Å². The number of rotatable bonds is 5. The second-order valence-corrected chi connectivity index (χ2v) is 7.10. The third-order valence-corrected chi connectivity index (χ3v) is 6.12. The average Bonchev–Trinajstić information content (AvgIpc) is 3.09. The number of carbonyl (C=O) groups is 1. The van der Waals surface area contributed by atoms with Crippen LogP contribution in [0.3, 0.4) is 0 Å². The van der Waals surface area contributed by atoms with Crippen LogP contribution in [-0.4, -0.2) is 60.8 Å². The van der Waals surface area contributed by atoms with Crippen LogP contribution in [0.2, 0.25) is 0 Å². The van der Waals surface area contributed by atoms with Gasteiger partial charge < -0.3 is 9.84 Å². The third-order valence-electron chi connectivity index (χ3n) is 3.50. The second-order valence-electron chi connectivity index (χ2n) is 4.82. The number of halogens is 2. The molecule has 1 saturated carbocycles. The fraction of sp³-hybridized carbons (Fsp3) is 0.900. The second kappa shape index (κ2) is 4.95. The molecule has 1 saturated heterocycles. The summed E-state index contributed by atoms with van der Waals surface area (Å²) in [5.74, 6) is -1.11. The van der Waals surface area contributed by atoms with Crippen LogP contribution in [0.5, 0.6) is 0 Å². The first-order chi connectivity index (χ1) is 8.79. The fourth-order valence-corrected chi connectivity index (χ4v) is 4.23. The van der Waals surface area contributed by atoms with Gasteiger partial charge >= 0.3 is 5.97 Å². The summed E-state index contributed by atoms with van der Waals surface area (Å²) in [5, 5.41) is 8.65. The number of morpholine rings is 1. The van der Waals surface area contributed by atoms with Gasteiger partial charge in [0.2, 0.25) is 10.0 Å². The van der Waals surface area contributed by atoms with E-state index in [-0.39, 0.29) is 39.0 Å². The van der Waals surface area contributed by atoms with Crippen LogP contribution in [0.4, 0.5) is 8.78 Å². The van der Waals surface area contributed by atoms with Crippen molar-refractivity contribution in [1.82, 2.24) is 4.31 Å². The lowest BCUT2D eigenvalue weighted by Crippen LogP contribution is -2.51. The van der Waals surface area contributed by atoms with E-state index in [2.05, 4.69) is 0 Å². The number of hydrogen-bond donors (Lipinski definition) is 1. The highest BCUT2D eigenvalue weighted by Crippen LogP contribution is 2.50. The molecule has 110 valence electrons. The van der Waals surface area contributed by atoms with Gasteiger partial charge in [-0.3, -0.25) is 4.79 Å². The van der Waals surface area contributed by atoms with Crippen molar-refractivity contribution in [3.63, 3.8) is 0 Å². The van der Waals surface area contributed by atoms with E-state index in [0.717, 1.165) is 4.31 Å². The number of ether oxygens (including phenoxy) is 1. The summed E-state index contributed by atoms with van der Waals surface area (Å²) in [6.45, 7) is -0.160. The molecule has 0 radical (unpaired) electrons. The van der Waals surface area contributed by atoms with Gasteiger partial charge in [-0.2, -0.15) is 4.31 Å². The largest absolute Gasteiger partial charge is 0.481 e. The predicted octanol–water partition coefficient (Wildman–Crippen LogP) is 0.289. The average molecular weight is 299 g/mol. The van der Waals surface area contributed by atoms with Gasteiger partial charge in [-0.05, 0) is 12.8 Å². The van der Waals surface area contributed by atoms with Gasteiger partial charge in [0, 0.05) is 13.1 Å². The van der Waals surface area contributed by atoms with Crippen molar-refractivity contribution in [1.29, 1.82) is 0 Å². The summed E-state index contributed by atoms with van der Waals surface area (Å²) in [7, 11) is -4.11. The monoisotopic (exact) mass is 299 g/mol. The maximum atomic E-state index is 12.9. The number of nitrogens with zero attached hydrogens (tertiary/aromatic N) is 1. The molecule has 0 bridgehead atoms. The number of carboxylic acids is 1. The summed E-state index contributed by atoms with van der Waals surface area (Å²) in [6.07, 6.45) is -4.14. The van der Waals surface area contributed by atoms with Crippen molar-refractivity contribution in [3.05, 3.63) is 0 Å². The molecule has 1 aliphatic carbocycles. The zero-order valence-electron chi connectivity index (χ0n) is 10.1. The third kappa shape index (κ3) is 2.59. The molecule has 1 aliphatic heterocycles. The molecule has 0 amide bonds. The fourth-order valence-electron chi connectivity index (χ4n) is 2.20. The minimum absolute atomic E-state index is 0.00702. The lowest BCUT2D eigenvalue weighted by Gasteiger charge is -2.34. The number of sulfonamides is 1. The normalized spacial score (nSPS) is 27.4. The first kappa shape index (κ1) is 14.6. The molecule has 0 spiro atoms. The van der Waals surface area contributed by atoms with E-state index in [1.165, 1.54) is 0 Å². The molecule has 0 aromatic heterocycles. The molecule has 1 unspecified atom stereocenters. The Morgan fingerprint density at radius 3 is 2.58 bits per heavy atom. The first-order valence-electron chi connectivity index (χ1n) is 5.91. The zero-order valence-corrected chi connectivity index (χ0v) is 10.9. The van der Waals surface area contributed by atoms with E-state index in [1.807, 2.05) is 0 Å². The minimum Gasteiger partial charge on any atom is -0.481 e. The van der Waals surface area contributed by atoms with Crippen LogP contribution >= 0.6 is 0 Å². The Morgan fingerprint density at radius 2 is 2.11 bits per heavy atom. The van der Waals surface area contributed by atoms with Crippen molar-refractivity contribution in [3.8, 4) is 0 Å². The standard InChI is InChI=1S/C10H15F2NO5S/c11-9(12)10(1-2-10)19(16,17)13-3-4-18-7(6-13)5-8(14)15/h7,9H,1-6H2,(H,14,15). The Bertz CT molecular complexity index is 463. The van der Waals surface area contributed by atoms with Gasteiger partial charge in [0.05, 0.1) is 19.1 Å². The van der Waals surface area contributed by atoms with E-state index < -0.39 is 33.3 Å². The minimum atomic E-state index is -4.11. The van der Waals surface area contributed by atoms with E-state index >= 15 is 0 Å².